The molecule has 0 N–H and O–H groups in total. The molecule has 0 fully saturated rings. The van der Waals surface area contributed by atoms with Crippen LogP contribution in [0.4, 0.5) is 11.4 Å². The summed E-state index contributed by atoms with van der Waals surface area (Å²) < 4.78 is 9.70. The van der Waals surface area contributed by atoms with Gasteiger partial charge in [-0.3, -0.25) is 0 Å². The highest BCUT2D eigenvalue weighted by Gasteiger charge is 2.31. The van der Waals surface area contributed by atoms with Gasteiger partial charge < -0.3 is 9.80 Å². The first-order valence-corrected chi connectivity index (χ1v) is 31.0. The maximum Gasteiger partial charge on any atom is 0.181 e. The zero-order valence-electron chi connectivity index (χ0n) is 55.5. The number of para-hydroxylation sites is 2. The number of hydrogen-bond acceptors (Lipinski definition) is 2. The van der Waals surface area contributed by atoms with Crippen LogP contribution in [0.1, 0.15) is 173 Å². The van der Waals surface area contributed by atoms with E-state index in [4.69, 9.17) is 10.2 Å². The fraction of sp³-hybridized carbons (Fsp3) is 0.395. The molecule has 8 nitrogen and oxygen atoms in total. The molecule has 0 atom stereocenters. The minimum atomic E-state index is 0.719. The van der Waals surface area contributed by atoms with Gasteiger partial charge in [0.05, 0.1) is 0 Å². The predicted octanol–water partition coefficient (Wildman–Crippen LogP) is 14.7. The van der Waals surface area contributed by atoms with Gasteiger partial charge in [0.25, 0.3) is 0 Å². The van der Waals surface area contributed by atoms with Crippen molar-refractivity contribution in [3.05, 3.63) is 243 Å². The molecule has 0 saturated carbocycles. The lowest BCUT2D eigenvalue weighted by molar-refractivity contribution is -0.701. The number of pyridine rings is 4. The highest BCUT2D eigenvalue weighted by atomic mass is 15.4. The normalized spacial score (nSPS) is 13.5. The molecule has 4 aromatic heterocycles. The number of benzene rings is 4. The van der Waals surface area contributed by atoms with Gasteiger partial charge in [-0.1, -0.05) is 113 Å². The van der Waals surface area contributed by atoms with Crippen LogP contribution in [0.5, 0.6) is 0 Å². The van der Waals surface area contributed by atoms with Crippen molar-refractivity contribution in [2.24, 2.45) is 24.3 Å². The van der Waals surface area contributed by atoms with Crippen molar-refractivity contribution in [2.45, 2.75) is 190 Å². The smallest absolute Gasteiger partial charge is 0.181 e. The molecule has 84 heavy (non-hydrogen) atoms. The predicted molar refractivity (Wildman–Crippen MR) is 351 cm³/mol. The molecule has 4 aromatic carbocycles. The lowest BCUT2D eigenvalue weighted by Gasteiger charge is -2.22. The van der Waals surface area contributed by atoms with Gasteiger partial charge in [0.1, 0.15) is 25.8 Å². The lowest BCUT2D eigenvalue weighted by atomic mass is 9.89. The Bertz CT molecular complexity index is 3490. The maximum absolute atomic E-state index is 5.16. The van der Waals surface area contributed by atoms with E-state index in [-0.39, 0.29) is 0 Å². The summed E-state index contributed by atoms with van der Waals surface area (Å²) in [5.41, 5.74) is 37.8. The van der Waals surface area contributed by atoms with E-state index in [9.17, 15) is 0 Å². The number of fused-ring (bicyclic) bond motifs is 2. The van der Waals surface area contributed by atoms with Crippen molar-refractivity contribution >= 4 is 23.0 Å². The second-order valence-corrected chi connectivity index (χ2v) is 23.7. The first-order chi connectivity index (χ1) is 40.1. The van der Waals surface area contributed by atoms with Gasteiger partial charge in [-0.25, -0.2) is 9.13 Å². The second-order valence-electron chi connectivity index (χ2n) is 23.7. The quantitative estimate of drug-likeness (QED) is 0.0853. The summed E-state index contributed by atoms with van der Waals surface area (Å²) in [6, 6.07) is 36.0. The van der Waals surface area contributed by atoms with Crippen molar-refractivity contribution in [1.29, 1.82) is 0 Å². The van der Waals surface area contributed by atoms with E-state index in [0.29, 0.717) is 0 Å². The number of nitrogens with zero attached hydrogens (tertiary/aromatic N) is 8. The summed E-state index contributed by atoms with van der Waals surface area (Å²) >= 11 is 0. The Balaban J connectivity index is 0.00000225. The van der Waals surface area contributed by atoms with Crippen LogP contribution in [0.3, 0.4) is 0 Å². The van der Waals surface area contributed by atoms with E-state index in [1.165, 1.54) is 157 Å². The van der Waals surface area contributed by atoms with Gasteiger partial charge in [-0.05, 0) is 125 Å². The summed E-state index contributed by atoms with van der Waals surface area (Å²) in [6.45, 7) is 47.8. The van der Waals surface area contributed by atoms with Crippen molar-refractivity contribution in [1.82, 2.24) is 0 Å². The van der Waals surface area contributed by atoms with E-state index >= 15 is 0 Å². The lowest BCUT2D eigenvalue weighted by Crippen LogP contribution is -2.43. The SMILES string of the molecule is CC.CC.Cc1c(Cc2c(C)c(C)[n+](Cc3ccc(CN4/C(=N/N=C5\Cc6ccccc6N5Cc5ccc(C[n+]6c(C)c(C)c(Cc7c(C)c(C)[n+](C)c(C)c7C)c(C)c6C)cc5)Cc5ccccc54)cc3)c(C)c2C)c(C)c(C)[n+](C)c1C. The molecule has 2 aliphatic heterocycles. The van der Waals surface area contributed by atoms with Crippen LogP contribution in [-0.4, -0.2) is 11.7 Å². The van der Waals surface area contributed by atoms with E-state index in [0.717, 1.165) is 63.5 Å². The maximum atomic E-state index is 5.16. The molecule has 0 unspecified atom stereocenters. The minimum absolute atomic E-state index is 0.719. The third-order valence-corrected chi connectivity index (χ3v) is 19.9. The molecule has 10 rings (SSSR count). The van der Waals surface area contributed by atoms with Crippen LogP contribution in [-0.2, 0) is 66.0 Å². The zero-order chi connectivity index (χ0) is 61.2. The summed E-state index contributed by atoms with van der Waals surface area (Å²) in [5.74, 6) is 1.95. The molecule has 0 radical (unpaired) electrons. The Hall–Kier alpha value is -7.58. The van der Waals surface area contributed by atoms with Gasteiger partial charge in [0.2, 0.25) is 0 Å². The van der Waals surface area contributed by atoms with Crippen LogP contribution >= 0.6 is 0 Å². The van der Waals surface area contributed by atoms with Gasteiger partial charge in [0, 0.05) is 148 Å². The molecule has 0 saturated heterocycles. The van der Waals surface area contributed by atoms with Crippen molar-refractivity contribution in [2.75, 3.05) is 9.80 Å². The van der Waals surface area contributed by atoms with Gasteiger partial charge in [0.15, 0.2) is 58.6 Å². The van der Waals surface area contributed by atoms with E-state index in [2.05, 4.69) is 250 Å². The molecule has 6 heterocycles. The Morgan fingerprint density at radius 3 is 0.869 bits per heavy atom. The summed E-state index contributed by atoms with van der Waals surface area (Å²) in [4.78, 5) is 4.75. The summed E-state index contributed by atoms with van der Waals surface area (Å²) in [7, 11) is 4.37. The largest absolute Gasteiger partial charge is 0.323 e. The van der Waals surface area contributed by atoms with E-state index in [1.54, 1.807) is 0 Å². The van der Waals surface area contributed by atoms with Crippen LogP contribution in [0.25, 0.3) is 0 Å². The third kappa shape index (κ3) is 11.9. The average Bonchev–Trinajstić information content (AvgIpc) is 3.54. The van der Waals surface area contributed by atoms with Gasteiger partial charge in [-0.15, -0.1) is 10.2 Å². The third-order valence-electron chi connectivity index (χ3n) is 19.9. The van der Waals surface area contributed by atoms with Crippen molar-refractivity contribution in [3.8, 4) is 0 Å². The molecule has 2 aliphatic rings. The van der Waals surface area contributed by atoms with Gasteiger partial charge >= 0.3 is 0 Å². The first-order valence-electron chi connectivity index (χ1n) is 31.0. The van der Waals surface area contributed by atoms with Crippen LogP contribution in [0.15, 0.2) is 107 Å². The molecule has 0 spiro atoms. The molecular formula is C76H98N8+4. The fourth-order valence-corrected chi connectivity index (χ4v) is 13.1. The number of rotatable bonds is 13. The topological polar surface area (TPSA) is 46.7 Å². The van der Waals surface area contributed by atoms with Crippen LogP contribution in [0, 0.1) is 111 Å². The summed E-state index contributed by atoms with van der Waals surface area (Å²) in [6.07, 6.45) is 3.40. The molecule has 438 valence electrons. The number of hydrogen-bond donors (Lipinski definition) is 0. The molecular weight excluding hydrogens is 1020 g/mol. The number of amidine groups is 2. The zero-order valence-corrected chi connectivity index (χ0v) is 55.5. The molecule has 0 amide bonds. The standard InChI is InChI=1S/C72H86N8.2C2H6/c1-43-51(9)75(17)52(10)44(2)65(43)37-67-47(5)55(13)77(56(14)48(67)6)39-59-27-31-61(32-28-59)41-79-69-25-21-19-23-63(69)35-71(79)73-74-72-36-64-24-20-22-26-70(64)80(72)42-62-33-29-60(30-34-62)40-78-57(15)49(7)68(50(8)58(78)16)38-66-45(3)53(11)76(18)54(12)46(66)4;2*1-2/h19-34H,35-42H2,1-18H3;2*1-2H3/q+4;;/b73-71+,74-72+;;. The molecule has 8 heteroatoms. The molecule has 0 aliphatic carbocycles. The Labute approximate surface area is 506 Å². The highest BCUT2D eigenvalue weighted by Crippen LogP contribution is 2.35. The molecule has 8 aromatic rings. The monoisotopic (exact) mass is 1120 g/mol. The van der Waals surface area contributed by atoms with E-state index < -0.39 is 0 Å². The summed E-state index contributed by atoms with van der Waals surface area (Å²) in [5, 5.41) is 10.3. The minimum Gasteiger partial charge on any atom is -0.323 e. The first kappa shape index (κ1) is 62.5. The Kier molecular flexibility index (Phi) is 19.4. The van der Waals surface area contributed by atoms with Crippen LogP contribution in [0.2, 0.25) is 0 Å². The fourth-order valence-electron chi connectivity index (χ4n) is 13.1. The van der Waals surface area contributed by atoms with Crippen molar-refractivity contribution < 1.29 is 18.3 Å². The van der Waals surface area contributed by atoms with Crippen molar-refractivity contribution in [3.63, 3.8) is 0 Å². The Morgan fingerprint density at radius 1 is 0.333 bits per heavy atom. The number of aromatic nitrogens is 4. The van der Waals surface area contributed by atoms with Crippen LogP contribution < -0.4 is 28.1 Å². The highest BCUT2D eigenvalue weighted by molar-refractivity contribution is 6.07. The number of anilines is 2. The Morgan fingerprint density at radius 2 is 0.583 bits per heavy atom. The van der Waals surface area contributed by atoms with E-state index in [1.807, 2.05) is 27.7 Å². The van der Waals surface area contributed by atoms with Gasteiger partial charge in [-0.2, -0.15) is 9.13 Å². The second kappa shape index (κ2) is 26.1. The molecule has 0 bridgehead atoms. The average molecular weight is 1120 g/mol.